The van der Waals surface area contributed by atoms with Crippen molar-refractivity contribution in [2.24, 2.45) is 0 Å². The summed E-state index contributed by atoms with van der Waals surface area (Å²) in [5.74, 6) is -0.238. The summed E-state index contributed by atoms with van der Waals surface area (Å²) in [7, 11) is 0. The van der Waals surface area contributed by atoms with Gasteiger partial charge in [-0.2, -0.15) is 0 Å². The van der Waals surface area contributed by atoms with Crippen LogP contribution >= 0.6 is 0 Å². The van der Waals surface area contributed by atoms with Gasteiger partial charge in [0.25, 0.3) is 0 Å². The Morgan fingerprint density at radius 3 is 2.23 bits per heavy atom. The molecule has 0 aliphatic carbocycles. The molecule has 4 N–H and O–H groups in total. The summed E-state index contributed by atoms with van der Waals surface area (Å²) in [5, 5.41) is 7.84. The number of alkyl carbamates (subject to hydrolysis) is 1. The third-order valence-corrected chi connectivity index (χ3v) is 5.35. The van der Waals surface area contributed by atoms with Crippen LogP contribution in [0.5, 0.6) is 0 Å². The molecule has 0 unspecified atom stereocenters. The molecule has 0 bridgehead atoms. The van der Waals surface area contributed by atoms with Crippen molar-refractivity contribution in [3.63, 3.8) is 0 Å². The summed E-state index contributed by atoms with van der Waals surface area (Å²) in [6.07, 6.45) is 4.30. The van der Waals surface area contributed by atoms with Gasteiger partial charge in [-0.05, 0) is 36.6 Å². The molecular weight excluding hydrogens is 392 g/mol. The van der Waals surface area contributed by atoms with E-state index in [9.17, 15) is 9.59 Å². The van der Waals surface area contributed by atoms with Gasteiger partial charge in [0.05, 0.1) is 6.61 Å². The number of rotatable bonds is 8. The number of aromatic nitrogens is 2. The van der Waals surface area contributed by atoms with Crippen molar-refractivity contribution >= 4 is 33.8 Å². The van der Waals surface area contributed by atoms with Gasteiger partial charge in [-0.1, -0.05) is 36.4 Å². The molecule has 7 nitrogen and oxygen atoms in total. The Balaban J connectivity index is 1.43. The Hall–Kier alpha value is -3.74. The topological polar surface area (TPSA) is 99.0 Å². The van der Waals surface area contributed by atoms with Crippen molar-refractivity contribution in [2.75, 3.05) is 13.2 Å². The molecule has 2 amide bonds. The molecular formula is C24H26N4O3. The Kier molecular flexibility index (Phi) is 6.21. The van der Waals surface area contributed by atoms with E-state index in [1.807, 2.05) is 54.9 Å². The van der Waals surface area contributed by atoms with E-state index >= 15 is 0 Å². The van der Waals surface area contributed by atoms with Crippen LogP contribution in [-0.2, 0) is 22.4 Å². The molecule has 0 saturated heterocycles. The Labute approximate surface area is 180 Å². The summed E-state index contributed by atoms with van der Waals surface area (Å²) >= 11 is 0. The molecule has 0 saturated carbocycles. The Bertz CT molecular complexity index is 1190. The quantitative estimate of drug-likeness (QED) is 0.351. The van der Waals surface area contributed by atoms with Crippen LogP contribution in [0.15, 0.2) is 60.9 Å². The van der Waals surface area contributed by atoms with Crippen LogP contribution in [0.25, 0.3) is 21.8 Å². The first-order valence-electron chi connectivity index (χ1n) is 10.5. The zero-order valence-electron chi connectivity index (χ0n) is 17.4. The van der Waals surface area contributed by atoms with Crippen molar-refractivity contribution in [3.05, 3.63) is 72.1 Å². The van der Waals surface area contributed by atoms with Crippen molar-refractivity contribution in [1.82, 2.24) is 20.6 Å². The first-order valence-corrected chi connectivity index (χ1v) is 10.5. The predicted octanol–water partition coefficient (Wildman–Crippen LogP) is 3.67. The van der Waals surface area contributed by atoms with Crippen LogP contribution in [0.4, 0.5) is 4.79 Å². The fraction of sp³-hybridized carbons (Fsp3) is 0.250. The molecule has 2 aromatic carbocycles. The smallest absolute Gasteiger partial charge is 0.407 e. The normalized spacial score (nSPS) is 12.0. The maximum absolute atomic E-state index is 12.9. The molecule has 0 fully saturated rings. The molecule has 0 spiro atoms. The first kappa shape index (κ1) is 20.5. The molecule has 0 aliphatic rings. The van der Waals surface area contributed by atoms with Crippen LogP contribution in [-0.4, -0.2) is 41.2 Å². The number of carbonyl (C=O) groups excluding carboxylic acids is 2. The van der Waals surface area contributed by atoms with Gasteiger partial charge in [0, 0.05) is 47.2 Å². The summed E-state index contributed by atoms with van der Waals surface area (Å²) < 4.78 is 5.00. The molecule has 31 heavy (non-hydrogen) atoms. The van der Waals surface area contributed by atoms with Crippen LogP contribution in [0.1, 0.15) is 18.1 Å². The van der Waals surface area contributed by atoms with E-state index in [-0.39, 0.29) is 12.5 Å². The van der Waals surface area contributed by atoms with Gasteiger partial charge in [-0.3, -0.25) is 4.79 Å². The van der Waals surface area contributed by atoms with Gasteiger partial charge in [0.2, 0.25) is 5.91 Å². The Morgan fingerprint density at radius 2 is 1.55 bits per heavy atom. The lowest BCUT2D eigenvalue weighted by molar-refractivity contribution is -0.123. The minimum atomic E-state index is -0.735. The van der Waals surface area contributed by atoms with E-state index in [4.69, 9.17) is 4.74 Å². The molecule has 1 atom stereocenters. The van der Waals surface area contributed by atoms with E-state index in [2.05, 4.69) is 26.7 Å². The van der Waals surface area contributed by atoms with Gasteiger partial charge in [-0.25, -0.2) is 4.79 Å². The average molecular weight is 418 g/mol. The highest BCUT2D eigenvalue weighted by atomic mass is 16.5. The maximum Gasteiger partial charge on any atom is 0.407 e. The van der Waals surface area contributed by atoms with Crippen molar-refractivity contribution < 1.29 is 14.3 Å². The number of benzene rings is 2. The monoisotopic (exact) mass is 418 g/mol. The number of fused-ring (bicyclic) bond motifs is 2. The molecule has 0 aliphatic heterocycles. The van der Waals surface area contributed by atoms with Gasteiger partial charge < -0.3 is 25.3 Å². The van der Waals surface area contributed by atoms with Gasteiger partial charge in [0.1, 0.15) is 6.04 Å². The number of amides is 2. The predicted molar refractivity (Wildman–Crippen MR) is 121 cm³/mol. The lowest BCUT2D eigenvalue weighted by Gasteiger charge is -2.18. The molecule has 7 heteroatoms. The van der Waals surface area contributed by atoms with Gasteiger partial charge in [-0.15, -0.1) is 0 Å². The number of H-pyrrole nitrogens is 2. The summed E-state index contributed by atoms with van der Waals surface area (Å²) in [5.41, 5.74) is 4.17. The molecule has 4 aromatic rings. The largest absolute Gasteiger partial charge is 0.450 e. The summed E-state index contributed by atoms with van der Waals surface area (Å²) in [4.78, 5) is 31.4. The fourth-order valence-corrected chi connectivity index (χ4v) is 3.83. The highest BCUT2D eigenvalue weighted by Gasteiger charge is 2.23. The first-order chi connectivity index (χ1) is 15.2. The maximum atomic E-state index is 12.9. The molecule has 4 rings (SSSR count). The number of ether oxygens (including phenoxy) is 1. The van der Waals surface area contributed by atoms with E-state index < -0.39 is 12.1 Å². The number of hydrogen-bond donors (Lipinski definition) is 4. The van der Waals surface area contributed by atoms with Crippen molar-refractivity contribution in [1.29, 1.82) is 0 Å². The highest BCUT2D eigenvalue weighted by molar-refractivity contribution is 5.88. The second-order valence-corrected chi connectivity index (χ2v) is 7.38. The van der Waals surface area contributed by atoms with E-state index in [0.29, 0.717) is 19.4 Å². The third kappa shape index (κ3) is 4.71. The van der Waals surface area contributed by atoms with E-state index in [0.717, 1.165) is 32.9 Å². The number of carbonyl (C=O) groups is 2. The average Bonchev–Trinajstić information content (AvgIpc) is 3.38. The van der Waals surface area contributed by atoms with Crippen LogP contribution in [0, 0.1) is 0 Å². The third-order valence-electron chi connectivity index (χ3n) is 5.35. The fourth-order valence-electron chi connectivity index (χ4n) is 3.83. The number of para-hydroxylation sites is 2. The van der Waals surface area contributed by atoms with Crippen LogP contribution in [0.3, 0.4) is 0 Å². The lowest BCUT2D eigenvalue weighted by atomic mass is 10.0. The number of aromatic amines is 2. The standard InChI is InChI=1S/C24H26N4O3/c1-2-31-24(30)28-22(13-17-15-27-21-10-6-4-8-19(17)21)23(29)25-12-11-16-14-26-20-9-5-3-7-18(16)20/h3-10,14-15,22,26-27H,2,11-13H2,1H3,(H,25,29)(H,28,30)/t22-/m0/s1. The summed E-state index contributed by atoms with van der Waals surface area (Å²) in [6, 6.07) is 15.2. The van der Waals surface area contributed by atoms with E-state index in [1.165, 1.54) is 0 Å². The molecule has 2 heterocycles. The molecule has 160 valence electrons. The second-order valence-electron chi connectivity index (χ2n) is 7.38. The van der Waals surface area contributed by atoms with Crippen molar-refractivity contribution in [2.45, 2.75) is 25.8 Å². The SMILES string of the molecule is CCOC(=O)N[C@@H](Cc1c[nH]c2ccccc12)C(=O)NCCc1c[nH]c2ccccc12. The Morgan fingerprint density at radius 1 is 0.935 bits per heavy atom. The van der Waals surface area contributed by atoms with Crippen LogP contribution in [0.2, 0.25) is 0 Å². The van der Waals surface area contributed by atoms with Gasteiger partial charge in [0.15, 0.2) is 0 Å². The molecule has 2 aromatic heterocycles. The minimum Gasteiger partial charge on any atom is -0.450 e. The number of nitrogens with one attached hydrogen (secondary N) is 4. The lowest BCUT2D eigenvalue weighted by Crippen LogP contribution is -2.48. The van der Waals surface area contributed by atoms with Gasteiger partial charge >= 0.3 is 6.09 Å². The number of hydrogen-bond acceptors (Lipinski definition) is 3. The zero-order chi connectivity index (χ0) is 21.6. The van der Waals surface area contributed by atoms with Crippen molar-refractivity contribution in [3.8, 4) is 0 Å². The van der Waals surface area contributed by atoms with E-state index in [1.54, 1.807) is 6.92 Å². The second kappa shape index (κ2) is 9.38. The summed E-state index contributed by atoms with van der Waals surface area (Å²) in [6.45, 7) is 2.44. The van der Waals surface area contributed by atoms with Crippen LogP contribution < -0.4 is 10.6 Å². The molecule has 0 radical (unpaired) electrons. The highest BCUT2D eigenvalue weighted by Crippen LogP contribution is 2.20. The minimum absolute atomic E-state index is 0.238. The zero-order valence-corrected chi connectivity index (χ0v) is 17.4.